The molecule has 0 spiro atoms. The summed E-state index contributed by atoms with van der Waals surface area (Å²) in [6, 6.07) is 11.8. The minimum atomic E-state index is 0.782. The van der Waals surface area contributed by atoms with Gasteiger partial charge in [0.05, 0.1) is 0 Å². The third-order valence-electron chi connectivity index (χ3n) is 2.95. The van der Waals surface area contributed by atoms with Gasteiger partial charge in [-0.15, -0.1) is 0 Å². The standard InChI is InChI=1S/C14H15NS/c1-2-11(9-15-14-4-5-14)8-12(3-1)13-6-7-16-10-13/h1-3,6-8,10,14-15H,4-5,9H2. The van der Waals surface area contributed by atoms with E-state index in [4.69, 9.17) is 0 Å². The number of nitrogens with one attached hydrogen (secondary N) is 1. The smallest absolute Gasteiger partial charge is 0.0208 e. The summed E-state index contributed by atoms with van der Waals surface area (Å²) in [5.41, 5.74) is 4.05. The van der Waals surface area contributed by atoms with Gasteiger partial charge in [0.1, 0.15) is 0 Å². The zero-order chi connectivity index (χ0) is 10.8. The minimum Gasteiger partial charge on any atom is -0.310 e. The van der Waals surface area contributed by atoms with Crippen molar-refractivity contribution in [3.63, 3.8) is 0 Å². The van der Waals surface area contributed by atoms with Gasteiger partial charge >= 0.3 is 0 Å². The lowest BCUT2D eigenvalue weighted by Gasteiger charge is -2.05. The Kier molecular flexibility index (Phi) is 2.77. The fourth-order valence-electron chi connectivity index (χ4n) is 1.84. The van der Waals surface area contributed by atoms with Crippen molar-refractivity contribution in [2.75, 3.05) is 0 Å². The van der Waals surface area contributed by atoms with Gasteiger partial charge in [0.2, 0.25) is 0 Å². The third-order valence-corrected chi connectivity index (χ3v) is 3.64. The van der Waals surface area contributed by atoms with Crippen molar-refractivity contribution in [3.8, 4) is 11.1 Å². The van der Waals surface area contributed by atoms with Gasteiger partial charge in [0.15, 0.2) is 0 Å². The van der Waals surface area contributed by atoms with Gasteiger partial charge in [-0.05, 0) is 52.4 Å². The van der Waals surface area contributed by atoms with Crippen LogP contribution in [-0.4, -0.2) is 6.04 Å². The molecular formula is C14H15NS. The summed E-state index contributed by atoms with van der Waals surface area (Å²) in [6.45, 7) is 1.00. The van der Waals surface area contributed by atoms with Crippen LogP contribution in [0.2, 0.25) is 0 Å². The van der Waals surface area contributed by atoms with Gasteiger partial charge in [-0.1, -0.05) is 18.2 Å². The van der Waals surface area contributed by atoms with Crippen LogP contribution in [-0.2, 0) is 6.54 Å². The van der Waals surface area contributed by atoms with Crippen molar-refractivity contribution in [1.29, 1.82) is 0 Å². The largest absolute Gasteiger partial charge is 0.310 e. The van der Waals surface area contributed by atoms with Crippen molar-refractivity contribution in [2.24, 2.45) is 0 Å². The summed E-state index contributed by atoms with van der Waals surface area (Å²) in [7, 11) is 0. The van der Waals surface area contributed by atoms with Gasteiger partial charge in [-0.3, -0.25) is 0 Å². The summed E-state index contributed by atoms with van der Waals surface area (Å²) in [6.07, 6.45) is 2.70. The number of hydrogen-bond donors (Lipinski definition) is 1. The van der Waals surface area contributed by atoms with E-state index in [9.17, 15) is 0 Å². The molecule has 1 N–H and O–H groups in total. The third kappa shape index (κ3) is 2.34. The molecule has 0 amide bonds. The van der Waals surface area contributed by atoms with Gasteiger partial charge in [0, 0.05) is 12.6 Å². The fraction of sp³-hybridized carbons (Fsp3) is 0.286. The Morgan fingerprint density at radius 1 is 1.19 bits per heavy atom. The van der Waals surface area contributed by atoms with E-state index >= 15 is 0 Å². The molecule has 1 nitrogen and oxygen atoms in total. The summed E-state index contributed by atoms with van der Waals surface area (Å²) >= 11 is 1.75. The second kappa shape index (κ2) is 4.40. The molecular weight excluding hydrogens is 214 g/mol. The molecule has 1 aliphatic carbocycles. The quantitative estimate of drug-likeness (QED) is 0.843. The monoisotopic (exact) mass is 229 g/mol. The van der Waals surface area contributed by atoms with E-state index in [1.165, 1.54) is 29.5 Å². The molecule has 0 unspecified atom stereocenters. The van der Waals surface area contributed by atoms with Crippen molar-refractivity contribution in [3.05, 3.63) is 46.7 Å². The average molecular weight is 229 g/mol. The van der Waals surface area contributed by atoms with E-state index in [1.807, 2.05) is 0 Å². The minimum absolute atomic E-state index is 0.782. The second-order valence-corrected chi connectivity index (χ2v) is 5.15. The highest BCUT2D eigenvalue weighted by Crippen LogP contribution is 2.24. The normalized spacial score (nSPS) is 15.2. The van der Waals surface area contributed by atoms with Crippen molar-refractivity contribution >= 4 is 11.3 Å². The van der Waals surface area contributed by atoms with Gasteiger partial charge < -0.3 is 5.32 Å². The lowest BCUT2D eigenvalue weighted by molar-refractivity contribution is 0.688. The number of rotatable bonds is 4. The molecule has 0 radical (unpaired) electrons. The Bertz CT molecular complexity index is 457. The lowest BCUT2D eigenvalue weighted by atomic mass is 10.1. The molecule has 16 heavy (non-hydrogen) atoms. The first-order valence-electron chi connectivity index (χ1n) is 5.77. The Morgan fingerprint density at radius 3 is 2.88 bits per heavy atom. The average Bonchev–Trinajstić information content (AvgIpc) is 2.99. The van der Waals surface area contributed by atoms with Crippen LogP contribution < -0.4 is 5.32 Å². The van der Waals surface area contributed by atoms with Crippen LogP contribution in [0, 0.1) is 0 Å². The lowest BCUT2D eigenvalue weighted by Crippen LogP contribution is -2.15. The zero-order valence-corrected chi connectivity index (χ0v) is 9.96. The highest BCUT2D eigenvalue weighted by atomic mass is 32.1. The van der Waals surface area contributed by atoms with Gasteiger partial charge in [0.25, 0.3) is 0 Å². The highest BCUT2D eigenvalue weighted by Gasteiger charge is 2.19. The fourth-order valence-corrected chi connectivity index (χ4v) is 2.50. The predicted molar refractivity (Wildman–Crippen MR) is 69.6 cm³/mol. The van der Waals surface area contributed by atoms with E-state index in [-0.39, 0.29) is 0 Å². The molecule has 0 bridgehead atoms. The molecule has 0 saturated heterocycles. The maximum atomic E-state index is 3.55. The van der Waals surface area contributed by atoms with E-state index in [0.717, 1.165) is 12.6 Å². The summed E-state index contributed by atoms with van der Waals surface area (Å²) in [4.78, 5) is 0. The molecule has 0 aliphatic heterocycles. The Morgan fingerprint density at radius 2 is 2.12 bits per heavy atom. The number of benzene rings is 1. The van der Waals surface area contributed by atoms with Crippen molar-refractivity contribution < 1.29 is 0 Å². The summed E-state index contributed by atoms with van der Waals surface area (Å²) in [5.74, 6) is 0. The van der Waals surface area contributed by atoms with E-state index in [0.29, 0.717) is 0 Å². The van der Waals surface area contributed by atoms with Crippen LogP contribution in [0.4, 0.5) is 0 Å². The first-order chi connectivity index (χ1) is 7.92. The molecule has 1 aromatic carbocycles. The van der Waals surface area contributed by atoms with Gasteiger partial charge in [-0.25, -0.2) is 0 Å². The SMILES string of the molecule is c1cc(CNC2CC2)cc(-c2ccsc2)c1. The summed E-state index contributed by atoms with van der Waals surface area (Å²) < 4.78 is 0. The Labute approximate surface area is 100 Å². The van der Waals surface area contributed by atoms with E-state index in [2.05, 4.69) is 46.4 Å². The highest BCUT2D eigenvalue weighted by molar-refractivity contribution is 7.08. The molecule has 1 aromatic heterocycles. The molecule has 1 fully saturated rings. The van der Waals surface area contributed by atoms with Crippen LogP contribution in [0.15, 0.2) is 41.1 Å². The Balaban J connectivity index is 1.76. The van der Waals surface area contributed by atoms with E-state index in [1.54, 1.807) is 11.3 Å². The number of hydrogen-bond acceptors (Lipinski definition) is 2. The predicted octanol–water partition coefficient (Wildman–Crippen LogP) is 3.67. The maximum absolute atomic E-state index is 3.55. The van der Waals surface area contributed by atoms with Crippen molar-refractivity contribution in [2.45, 2.75) is 25.4 Å². The second-order valence-electron chi connectivity index (χ2n) is 4.37. The first-order valence-corrected chi connectivity index (χ1v) is 6.71. The number of thiophene rings is 1. The van der Waals surface area contributed by atoms with Gasteiger partial charge in [-0.2, -0.15) is 11.3 Å². The van der Waals surface area contributed by atoms with Crippen LogP contribution in [0.3, 0.4) is 0 Å². The zero-order valence-electron chi connectivity index (χ0n) is 9.15. The topological polar surface area (TPSA) is 12.0 Å². The van der Waals surface area contributed by atoms with Crippen LogP contribution >= 0.6 is 11.3 Å². The molecule has 2 aromatic rings. The van der Waals surface area contributed by atoms with Crippen LogP contribution in [0.1, 0.15) is 18.4 Å². The first kappa shape index (κ1) is 10.1. The summed E-state index contributed by atoms with van der Waals surface area (Å²) in [5, 5.41) is 7.88. The molecule has 0 atom stereocenters. The molecule has 2 heteroatoms. The molecule has 3 rings (SSSR count). The molecule has 1 aliphatic rings. The molecule has 1 saturated carbocycles. The molecule has 82 valence electrons. The Hall–Kier alpha value is -1.12. The van der Waals surface area contributed by atoms with Crippen LogP contribution in [0.25, 0.3) is 11.1 Å². The van der Waals surface area contributed by atoms with Crippen molar-refractivity contribution in [1.82, 2.24) is 5.32 Å². The van der Waals surface area contributed by atoms with Crippen LogP contribution in [0.5, 0.6) is 0 Å². The molecule has 1 heterocycles. The van der Waals surface area contributed by atoms with E-state index < -0.39 is 0 Å². The maximum Gasteiger partial charge on any atom is 0.0208 e.